The summed E-state index contributed by atoms with van der Waals surface area (Å²) in [6.07, 6.45) is 3.63. The van der Waals surface area contributed by atoms with Gasteiger partial charge in [0, 0.05) is 48.7 Å². The maximum atomic E-state index is 6.28. The minimum Gasteiger partial charge on any atom is -0.455 e. The van der Waals surface area contributed by atoms with Crippen LogP contribution in [0.3, 0.4) is 0 Å². The largest absolute Gasteiger partial charge is 0.455 e. The van der Waals surface area contributed by atoms with Gasteiger partial charge in [0.2, 0.25) is 0 Å². The zero-order chi connectivity index (χ0) is 24.6. The molecule has 0 saturated carbocycles. The maximum Gasteiger partial charge on any atom is 0.142 e. The number of furan rings is 1. The molecule has 0 fully saturated rings. The van der Waals surface area contributed by atoms with Crippen LogP contribution in [0.15, 0.2) is 126 Å². The monoisotopic (exact) mass is 665 g/mol. The summed E-state index contributed by atoms with van der Waals surface area (Å²) in [6, 6.07) is 43.0. The first kappa shape index (κ1) is 24.0. The van der Waals surface area contributed by atoms with E-state index in [0.29, 0.717) is 0 Å². The van der Waals surface area contributed by atoms with Crippen molar-refractivity contribution in [1.29, 1.82) is 0 Å². The number of hydrogen-bond donors (Lipinski definition) is 0. The van der Waals surface area contributed by atoms with Crippen molar-refractivity contribution in [1.82, 2.24) is 9.97 Å². The Labute approximate surface area is 233 Å². The first-order valence-corrected chi connectivity index (χ1v) is 12.2. The minimum atomic E-state index is 0. The first-order valence-electron chi connectivity index (χ1n) is 12.2. The van der Waals surface area contributed by atoms with Gasteiger partial charge in [-0.3, -0.25) is 0 Å². The number of para-hydroxylation sites is 1. The topological polar surface area (TPSA) is 38.9 Å². The molecule has 3 aromatic heterocycles. The molecule has 3 heterocycles. The first-order chi connectivity index (χ1) is 18.4. The van der Waals surface area contributed by atoms with Crippen molar-refractivity contribution in [3.8, 4) is 11.3 Å². The molecule has 183 valence electrons. The molecular weight excluding hydrogens is 645 g/mol. The molecule has 1 radical (unpaired) electrons. The van der Waals surface area contributed by atoms with Crippen molar-refractivity contribution in [2.75, 3.05) is 0 Å². The van der Waals surface area contributed by atoms with Crippen LogP contribution in [0.1, 0.15) is 0 Å². The Morgan fingerprint density at radius 2 is 1.32 bits per heavy atom. The van der Waals surface area contributed by atoms with E-state index < -0.39 is 0 Å². The Balaban J connectivity index is 0.000000172. The molecule has 0 aliphatic carbocycles. The van der Waals surface area contributed by atoms with Gasteiger partial charge in [-0.25, -0.2) is 0 Å². The number of aromatic nitrogens is 2. The predicted octanol–water partition coefficient (Wildman–Crippen LogP) is 8.79. The number of hydrogen-bond acceptors (Lipinski definition) is 3. The van der Waals surface area contributed by atoms with E-state index in [2.05, 4.69) is 58.5 Å². The fourth-order valence-corrected chi connectivity index (χ4v) is 5.02. The smallest absolute Gasteiger partial charge is 0.142 e. The van der Waals surface area contributed by atoms with Crippen molar-refractivity contribution in [2.24, 2.45) is 0 Å². The molecule has 0 unspecified atom stereocenters. The molecule has 38 heavy (non-hydrogen) atoms. The van der Waals surface area contributed by atoms with Gasteiger partial charge >= 0.3 is 0 Å². The standard InChI is InChI=1S/C23H12NO.C11H8N.Ir/c1-2-8-17-14(6-1)16-11-12-18-15-7-3-4-10-20(15)25-23(18)21(16)19-9-5-13-24-22(17)19;1-2-6-10(7-3-1)11-8-4-5-9-12-11;/h1-7,9-13H;1-6,8-9H;/q2*-1;. The van der Waals surface area contributed by atoms with Crippen LogP contribution in [0.5, 0.6) is 0 Å². The molecule has 0 spiro atoms. The Bertz CT molecular complexity index is 1960. The van der Waals surface area contributed by atoms with Crippen LogP contribution in [0.25, 0.3) is 65.6 Å². The Kier molecular flexibility index (Phi) is 6.43. The van der Waals surface area contributed by atoms with Gasteiger partial charge < -0.3 is 14.4 Å². The van der Waals surface area contributed by atoms with E-state index in [4.69, 9.17) is 4.42 Å². The summed E-state index contributed by atoms with van der Waals surface area (Å²) in [5.41, 5.74) is 4.83. The summed E-state index contributed by atoms with van der Waals surface area (Å²) < 4.78 is 6.28. The average molecular weight is 665 g/mol. The number of pyridine rings is 2. The second-order valence-electron chi connectivity index (χ2n) is 8.81. The normalized spacial score (nSPS) is 10.9. The number of fused-ring (bicyclic) bond motifs is 10. The van der Waals surface area contributed by atoms with E-state index >= 15 is 0 Å². The van der Waals surface area contributed by atoms with Crippen molar-refractivity contribution in [2.45, 2.75) is 0 Å². The molecule has 8 rings (SSSR count). The molecule has 8 aromatic rings. The van der Waals surface area contributed by atoms with Crippen LogP contribution in [-0.4, -0.2) is 9.97 Å². The minimum absolute atomic E-state index is 0. The molecule has 0 aliphatic rings. The third-order valence-corrected chi connectivity index (χ3v) is 6.66. The molecule has 0 saturated heterocycles. The van der Waals surface area contributed by atoms with Gasteiger partial charge in [-0.05, 0) is 40.2 Å². The average Bonchev–Trinajstić information content (AvgIpc) is 3.37. The van der Waals surface area contributed by atoms with E-state index in [1.165, 1.54) is 5.39 Å². The zero-order valence-corrected chi connectivity index (χ0v) is 22.6. The van der Waals surface area contributed by atoms with Crippen LogP contribution >= 0.6 is 0 Å². The molecule has 3 nitrogen and oxygen atoms in total. The summed E-state index contributed by atoms with van der Waals surface area (Å²) in [6.45, 7) is 0. The maximum absolute atomic E-state index is 6.28. The van der Waals surface area contributed by atoms with Crippen LogP contribution in [0, 0.1) is 12.1 Å². The van der Waals surface area contributed by atoms with Gasteiger partial charge in [0.25, 0.3) is 0 Å². The Morgan fingerprint density at radius 3 is 2.18 bits per heavy atom. The molecule has 0 amide bonds. The second-order valence-corrected chi connectivity index (χ2v) is 8.81. The number of rotatable bonds is 1. The summed E-state index contributed by atoms with van der Waals surface area (Å²) in [4.78, 5) is 8.87. The quantitative estimate of drug-likeness (QED) is 0.130. The van der Waals surface area contributed by atoms with Gasteiger partial charge in [0.05, 0.1) is 0 Å². The SMILES string of the molecule is [Ir].[c-]1cccc2c1c1ncccc1c1c2ccc2c3ccccc3oc21.[c-]1ccccc1-c1ccccn1. The molecule has 4 heteroatoms. The van der Waals surface area contributed by atoms with E-state index in [0.717, 1.165) is 60.3 Å². The molecule has 0 N–H and O–H groups in total. The molecule has 0 bridgehead atoms. The molecule has 5 aromatic carbocycles. The zero-order valence-electron chi connectivity index (χ0n) is 20.2. The third kappa shape index (κ3) is 4.05. The van der Waals surface area contributed by atoms with Gasteiger partial charge in [-0.15, -0.1) is 65.5 Å². The van der Waals surface area contributed by atoms with Crippen molar-refractivity contribution in [3.63, 3.8) is 0 Å². The molecule has 0 aliphatic heterocycles. The van der Waals surface area contributed by atoms with E-state index in [1.54, 1.807) is 6.20 Å². The van der Waals surface area contributed by atoms with E-state index in [9.17, 15) is 0 Å². The second kappa shape index (κ2) is 10.2. The Morgan fingerprint density at radius 1 is 0.553 bits per heavy atom. The molecule has 0 atom stereocenters. The molecular formula is C34H20IrN2O-2. The number of nitrogens with zero attached hydrogens (tertiary/aromatic N) is 2. The van der Waals surface area contributed by atoms with Crippen molar-refractivity contribution in [3.05, 3.63) is 134 Å². The van der Waals surface area contributed by atoms with Gasteiger partial charge in [0.15, 0.2) is 0 Å². The summed E-state index contributed by atoms with van der Waals surface area (Å²) in [5.74, 6) is 0. The van der Waals surface area contributed by atoms with Crippen molar-refractivity contribution < 1.29 is 24.5 Å². The van der Waals surface area contributed by atoms with Crippen LogP contribution < -0.4 is 0 Å². The Hall–Kier alpha value is -4.37. The third-order valence-electron chi connectivity index (χ3n) is 6.66. The predicted molar refractivity (Wildman–Crippen MR) is 151 cm³/mol. The van der Waals surface area contributed by atoms with E-state index in [-0.39, 0.29) is 20.1 Å². The summed E-state index contributed by atoms with van der Waals surface area (Å²) >= 11 is 0. The summed E-state index contributed by atoms with van der Waals surface area (Å²) in [5, 5.41) is 7.93. The van der Waals surface area contributed by atoms with Crippen LogP contribution in [-0.2, 0) is 20.1 Å². The number of benzene rings is 5. The van der Waals surface area contributed by atoms with Gasteiger partial charge in [-0.1, -0.05) is 53.9 Å². The van der Waals surface area contributed by atoms with Gasteiger partial charge in [0.1, 0.15) is 11.2 Å². The fourth-order valence-electron chi connectivity index (χ4n) is 5.02. The van der Waals surface area contributed by atoms with Crippen molar-refractivity contribution >= 4 is 54.4 Å². The van der Waals surface area contributed by atoms with Crippen LogP contribution in [0.2, 0.25) is 0 Å². The van der Waals surface area contributed by atoms with E-state index in [1.807, 2.05) is 79.0 Å². The fraction of sp³-hybridized carbons (Fsp3) is 0. The summed E-state index contributed by atoms with van der Waals surface area (Å²) in [7, 11) is 0. The van der Waals surface area contributed by atoms with Gasteiger partial charge in [-0.2, -0.15) is 0 Å². The van der Waals surface area contributed by atoms with Crippen LogP contribution in [0.4, 0.5) is 0 Å².